The second-order valence-corrected chi connectivity index (χ2v) is 4.55. The zero-order valence-corrected chi connectivity index (χ0v) is 10.8. The third kappa shape index (κ3) is 2.57. The largest absolute Gasteiger partial charge is 0.468 e. The van der Waals surface area contributed by atoms with Crippen molar-refractivity contribution in [3.63, 3.8) is 0 Å². The number of furan rings is 2. The summed E-state index contributed by atoms with van der Waals surface area (Å²) in [5, 5.41) is 3.40. The van der Waals surface area contributed by atoms with Gasteiger partial charge in [0.25, 0.3) is 0 Å². The van der Waals surface area contributed by atoms with Crippen LogP contribution in [0.5, 0.6) is 0 Å². The molecular formula is C12H14BrNO2. The molecule has 0 aliphatic heterocycles. The van der Waals surface area contributed by atoms with E-state index < -0.39 is 0 Å². The summed E-state index contributed by atoms with van der Waals surface area (Å²) in [6.45, 7) is 4.12. The summed E-state index contributed by atoms with van der Waals surface area (Å²) in [6.07, 6.45) is 1.68. The second-order valence-electron chi connectivity index (χ2n) is 3.77. The number of hydrogen-bond acceptors (Lipinski definition) is 3. The molecule has 16 heavy (non-hydrogen) atoms. The maximum absolute atomic E-state index is 5.49. The summed E-state index contributed by atoms with van der Waals surface area (Å²) in [6, 6.07) is 8.01. The lowest BCUT2D eigenvalue weighted by atomic mass is 10.2. The predicted octanol–water partition coefficient (Wildman–Crippen LogP) is 4.05. The molecule has 0 bridgehead atoms. The van der Waals surface area contributed by atoms with E-state index in [2.05, 4.69) is 35.1 Å². The Morgan fingerprint density at radius 2 is 1.88 bits per heavy atom. The Bertz CT molecular complexity index is 436. The molecule has 2 aromatic rings. The molecule has 1 unspecified atom stereocenters. The molecule has 0 amide bonds. The highest BCUT2D eigenvalue weighted by molar-refractivity contribution is 9.10. The Morgan fingerprint density at radius 3 is 2.44 bits per heavy atom. The molecule has 2 heterocycles. The monoisotopic (exact) mass is 283 g/mol. The Morgan fingerprint density at radius 1 is 1.12 bits per heavy atom. The number of halogens is 1. The minimum Gasteiger partial charge on any atom is -0.468 e. The van der Waals surface area contributed by atoms with E-state index in [1.165, 1.54) is 0 Å². The molecule has 2 rings (SSSR count). The van der Waals surface area contributed by atoms with Crippen molar-refractivity contribution in [2.75, 3.05) is 0 Å². The molecule has 0 saturated heterocycles. The van der Waals surface area contributed by atoms with Crippen molar-refractivity contribution in [1.29, 1.82) is 0 Å². The first-order chi connectivity index (χ1) is 7.66. The Labute approximate surface area is 103 Å². The third-order valence-electron chi connectivity index (χ3n) is 2.49. The standard InChI is InChI=1S/C12H14BrNO2/c1-8(10-4-3-7-15-10)14-9(2)11-5-6-12(13)16-11/h3-9,14H,1-2H3/t8-,9?/m1/s1. The first kappa shape index (κ1) is 11.5. The SMILES string of the molecule is CC(N[C@H](C)c1ccco1)c1ccc(Br)o1. The van der Waals surface area contributed by atoms with Gasteiger partial charge in [0.2, 0.25) is 0 Å². The lowest BCUT2D eigenvalue weighted by Crippen LogP contribution is -2.21. The number of rotatable bonds is 4. The van der Waals surface area contributed by atoms with Gasteiger partial charge >= 0.3 is 0 Å². The summed E-state index contributed by atoms with van der Waals surface area (Å²) in [5.41, 5.74) is 0. The molecule has 0 radical (unpaired) electrons. The fraction of sp³-hybridized carbons (Fsp3) is 0.333. The average Bonchev–Trinajstić information content (AvgIpc) is 2.87. The summed E-state index contributed by atoms with van der Waals surface area (Å²) >= 11 is 3.29. The fourth-order valence-corrected chi connectivity index (χ4v) is 1.96. The molecule has 0 aromatic carbocycles. The lowest BCUT2D eigenvalue weighted by molar-refractivity contribution is 0.361. The quantitative estimate of drug-likeness (QED) is 0.920. The normalized spacial score (nSPS) is 14.9. The molecule has 1 N–H and O–H groups in total. The minimum atomic E-state index is 0.145. The van der Waals surface area contributed by atoms with E-state index in [0.29, 0.717) is 0 Å². The van der Waals surface area contributed by atoms with Crippen LogP contribution in [-0.2, 0) is 0 Å². The highest BCUT2D eigenvalue weighted by Gasteiger charge is 2.15. The van der Waals surface area contributed by atoms with Gasteiger partial charge in [0, 0.05) is 0 Å². The number of hydrogen-bond donors (Lipinski definition) is 1. The van der Waals surface area contributed by atoms with Crippen molar-refractivity contribution in [1.82, 2.24) is 5.32 Å². The minimum absolute atomic E-state index is 0.145. The van der Waals surface area contributed by atoms with Crippen molar-refractivity contribution in [2.24, 2.45) is 0 Å². The van der Waals surface area contributed by atoms with Gasteiger partial charge in [-0.15, -0.1) is 0 Å². The zero-order valence-electron chi connectivity index (χ0n) is 9.24. The average molecular weight is 284 g/mol. The van der Waals surface area contributed by atoms with Crippen LogP contribution < -0.4 is 5.32 Å². The molecule has 2 atom stereocenters. The predicted molar refractivity (Wildman–Crippen MR) is 65.1 cm³/mol. The van der Waals surface area contributed by atoms with Crippen molar-refractivity contribution in [2.45, 2.75) is 25.9 Å². The van der Waals surface area contributed by atoms with Gasteiger partial charge in [0.1, 0.15) is 11.5 Å². The topological polar surface area (TPSA) is 38.3 Å². The maximum Gasteiger partial charge on any atom is 0.169 e. The smallest absolute Gasteiger partial charge is 0.169 e. The van der Waals surface area contributed by atoms with Gasteiger partial charge < -0.3 is 8.83 Å². The van der Waals surface area contributed by atoms with Crippen LogP contribution in [0.4, 0.5) is 0 Å². The number of nitrogens with one attached hydrogen (secondary N) is 1. The highest BCUT2D eigenvalue weighted by Crippen LogP contribution is 2.23. The second kappa shape index (κ2) is 4.89. The molecule has 2 aromatic heterocycles. The van der Waals surface area contributed by atoms with Crippen molar-refractivity contribution in [3.8, 4) is 0 Å². The van der Waals surface area contributed by atoms with Crippen LogP contribution in [0.25, 0.3) is 0 Å². The molecule has 0 fully saturated rings. The van der Waals surface area contributed by atoms with Crippen LogP contribution in [0, 0.1) is 0 Å². The Balaban J connectivity index is 2.00. The fourth-order valence-electron chi connectivity index (χ4n) is 1.64. The lowest BCUT2D eigenvalue weighted by Gasteiger charge is -2.16. The van der Waals surface area contributed by atoms with Gasteiger partial charge in [-0.2, -0.15) is 0 Å². The van der Waals surface area contributed by atoms with Crippen LogP contribution in [-0.4, -0.2) is 0 Å². The van der Waals surface area contributed by atoms with Crippen molar-refractivity contribution < 1.29 is 8.83 Å². The first-order valence-corrected chi connectivity index (χ1v) is 6.01. The van der Waals surface area contributed by atoms with Gasteiger partial charge in [0.15, 0.2) is 4.67 Å². The zero-order chi connectivity index (χ0) is 11.5. The van der Waals surface area contributed by atoms with Gasteiger partial charge in [0.05, 0.1) is 18.3 Å². The first-order valence-electron chi connectivity index (χ1n) is 5.21. The molecule has 0 aliphatic rings. The Kier molecular flexibility index (Phi) is 3.51. The molecule has 0 saturated carbocycles. The molecular weight excluding hydrogens is 270 g/mol. The molecule has 0 aliphatic carbocycles. The van der Waals surface area contributed by atoms with Crippen LogP contribution >= 0.6 is 15.9 Å². The van der Waals surface area contributed by atoms with E-state index in [4.69, 9.17) is 8.83 Å². The van der Waals surface area contributed by atoms with E-state index in [1.54, 1.807) is 6.26 Å². The van der Waals surface area contributed by atoms with Crippen LogP contribution in [0.2, 0.25) is 0 Å². The Hall–Kier alpha value is -1.000. The maximum atomic E-state index is 5.49. The van der Waals surface area contributed by atoms with Crippen molar-refractivity contribution in [3.05, 3.63) is 46.7 Å². The highest BCUT2D eigenvalue weighted by atomic mass is 79.9. The summed E-state index contributed by atoms with van der Waals surface area (Å²) in [4.78, 5) is 0. The van der Waals surface area contributed by atoms with E-state index in [-0.39, 0.29) is 12.1 Å². The summed E-state index contributed by atoms with van der Waals surface area (Å²) in [5.74, 6) is 1.84. The van der Waals surface area contributed by atoms with Gasteiger partial charge in [-0.3, -0.25) is 5.32 Å². The third-order valence-corrected chi connectivity index (χ3v) is 2.92. The van der Waals surface area contributed by atoms with E-state index >= 15 is 0 Å². The summed E-state index contributed by atoms with van der Waals surface area (Å²) < 4.78 is 11.6. The van der Waals surface area contributed by atoms with Crippen LogP contribution in [0.3, 0.4) is 0 Å². The van der Waals surface area contributed by atoms with Gasteiger partial charge in [-0.1, -0.05) is 0 Å². The van der Waals surface area contributed by atoms with E-state index in [1.807, 2.05) is 24.3 Å². The van der Waals surface area contributed by atoms with Crippen molar-refractivity contribution >= 4 is 15.9 Å². The van der Waals surface area contributed by atoms with Gasteiger partial charge in [-0.05, 0) is 54.0 Å². The van der Waals surface area contributed by atoms with Crippen LogP contribution in [0.1, 0.15) is 37.5 Å². The molecule has 3 nitrogen and oxygen atoms in total. The van der Waals surface area contributed by atoms with Crippen LogP contribution in [0.15, 0.2) is 44.0 Å². The van der Waals surface area contributed by atoms with Gasteiger partial charge in [-0.25, -0.2) is 0 Å². The van der Waals surface area contributed by atoms with E-state index in [0.717, 1.165) is 16.2 Å². The molecule has 86 valence electrons. The summed E-state index contributed by atoms with van der Waals surface area (Å²) in [7, 11) is 0. The van der Waals surface area contributed by atoms with E-state index in [9.17, 15) is 0 Å². The molecule has 0 spiro atoms. The molecule has 4 heteroatoms.